The molecule has 148 valence electrons. The number of hydrogen-bond donors (Lipinski definition) is 0. The van der Waals surface area contributed by atoms with Gasteiger partial charge in [-0.15, -0.1) is 0 Å². The fraction of sp³-hybridized carbons (Fsp3) is 0.364. The Bertz CT molecular complexity index is 800. The molecule has 2 aromatic rings. The molecule has 6 heteroatoms. The van der Waals surface area contributed by atoms with Crippen LogP contribution in [0.2, 0.25) is 0 Å². The van der Waals surface area contributed by atoms with Crippen LogP contribution in [0, 0.1) is 0 Å². The molecular formula is C22H27N3O3. The van der Waals surface area contributed by atoms with E-state index >= 15 is 0 Å². The lowest BCUT2D eigenvalue weighted by atomic mass is 10.1. The average Bonchev–Trinajstić information content (AvgIpc) is 2.74. The molecule has 0 radical (unpaired) electrons. The Balaban J connectivity index is 1.53. The average molecular weight is 381 g/mol. The summed E-state index contributed by atoms with van der Waals surface area (Å²) in [5.41, 5.74) is 2.11. The second kappa shape index (κ2) is 9.90. The standard InChI is InChI=1S/C22H27N3O3/c1-3-28-21-15-18(6-8-20(21)27-2)7-9-22(26)25-13-11-24(12-14-25)17-19-5-4-10-23-16-19/h4-10,15-16H,3,11-14,17H2,1-2H3/b9-7+. The summed E-state index contributed by atoms with van der Waals surface area (Å²) >= 11 is 0. The summed E-state index contributed by atoms with van der Waals surface area (Å²) in [6.45, 7) is 6.56. The van der Waals surface area contributed by atoms with Crippen LogP contribution < -0.4 is 9.47 Å². The van der Waals surface area contributed by atoms with E-state index in [-0.39, 0.29) is 5.91 Å². The minimum atomic E-state index is 0.0369. The first kappa shape index (κ1) is 19.9. The van der Waals surface area contributed by atoms with Gasteiger partial charge in [0.25, 0.3) is 0 Å². The van der Waals surface area contributed by atoms with Crippen molar-refractivity contribution in [2.24, 2.45) is 0 Å². The highest BCUT2D eigenvalue weighted by molar-refractivity contribution is 5.92. The smallest absolute Gasteiger partial charge is 0.246 e. The van der Waals surface area contributed by atoms with E-state index in [9.17, 15) is 4.79 Å². The molecule has 1 aliphatic heterocycles. The third-order valence-electron chi connectivity index (χ3n) is 4.72. The maximum Gasteiger partial charge on any atom is 0.246 e. The van der Waals surface area contributed by atoms with Crippen LogP contribution >= 0.6 is 0 Å². The first-order chi connectivity index (χ1) is 13.7. The molecule has 0 aliphatic carbocycles. The maximum absolute atomic E-state index is 12.5. The molecule has 1 aromatic heterocycles. The number of ether oxygens (including phenoxy) is 2. The molecule has 0 bridgehead atoms. The second-order valence-corrected chi connectivity index (χ2v) is 6.64. The van der Waals surface area contributed by atoms with Gasteiger partial charge in [0.05, 0.1) is 13.7 Å². The van der Waals surface area contributed by atoms with Crippen molar-refractivity contribution in [3.63, 3.8) is 0 Å². The summed E-state index contributed by atoms with van der Waals surface area (Å²) < 4.78 is 10.9. The molecule has 3 rings (SSSR count). The summed E-state index contributed by atoms with van der Waals surface area (Å²) in [5.74, 6) is 1.41. The lowest BCUT2D eigenvalue weighted by molar-refractivity contribution is -0.127. The third kappa shape index (κ3) is 5.33. The monoisotopic (exact) mass is 381 g/mol. The zero-order valence-electron chi connectivity index (χ0n) is 16.5. The highest BCUT2D eigenvalue weighted by atomic mass is 16.5. The quantitative estimate of drug-likeness (QED) is 0.691. The Hall–Kier alpha value is -2.86. The van der Waals surface area contributed by atoms with E-state index in [1.54, 1.807) is 19.4 Å². The Morgan fingerprint density at radius 3 is 2.68 bits per heavy atom. The largest absolute Gasteiger partial charge is 0.493 e. The molecular weight excluding hydrogens is 354 g/mol. The zero-order valence-corrected chi connectivity index (χ0v) is 16.5. The number of nitrogens with zero attached hydrogens (tertiary/aromatic N) is 3. The van der Waals surface area contributed by atoms with E-state index < -0.39 is 0 Å². The van der Waals surface area contributed by atoms with Gasteiger partial charge in [0.15, 0.2) is 11.5 Å². The Kier molecular flexibility index (Phi) is 7.03. The van der Waals surface area contributed by atoms with Gasteiger partial charge in [0.2, 0.25) is 5.91 Å². The van der Waals surface area contributed by atoms with Gasteiger partial charge in [0.1, 0.15) is 0 Å². The van der Waals surface area contributed by atoms with Crippen LogP contribution in [0.3, 0.4) is 0 Å². The summed E-state index contributed by atoms with van der Waals surface area (Å²) in [7, 11) is 1.62. The highest BCUT2D eigenvalue weighted by Gasteiger charge is 2.19. The first-order valence-electron chi connectivity index (χ1n) is 9.58. The van der Waals surface area contributed by atoms with Gasteiger partial charge in [0, 0.05) is 51.2 Å². The number of hydrogen-bond acceptors (Lipinski definition) is 5. The van der Waals surface area contributed by atoms with E-state index in [1.807, 2.05) is 48.4 Å². The normalized spacial score (nSPS) is 15.0. The van der Waals surface area contributed by atoms with Crippen molar-refractivity contribution in [2.45, 2.75) is 13.5 Å². The number of benzene rings is 1. The minimum Gasteiger partial charge on any atom is -0.493 e. The molecule has 0 N–H and O–H groups in total. The molecule has 6 nitrogen and oxygen atoms in total. The number of carbonyl (C=O) groups is 1. The van der Waals surface area contributed by atoms with Gasteiger partial charge in [-0.2, -0.15) is 0 Å². The van der Waals surface area contributed by atoms with E-state index in [1.165, 1.54) is 5.56 Å². The van der Waals surface area contributed by atoms with Crippen molar-refractivity contribution in [2.75, 3.05) is 39.9 Å². The maximum atomic E-state index is 12.5. The van der Waals surface area contributed by atoms with Crippen LogP contribution in [0.1, 0.15) is 18.1 Å². The lowest BCUT2D eigenvalue weighted by Crippen LogP contribution is -2.47. The van der Waals surface area contributed by atoms with Crippen LogP contribution in [-0.4, -0.2) is 60.6 Å². The molecule has 2 heterocycles. The summed E-state index contributed by atoms with van der Waals surface area (Å²) in [6, 6.07) is 9.69. The van der Waals surface area contributed by atoms with Gasteiger partial charge in [-0.3, -0.25) is 14.7 Å². The van der Waals surface area contributed by atoms with E-state index in [0.717, 1.165) is 38.3 Å². The highest BCUT2D eigenvalue weighted by Crippen LogP contribution is 2.28. The van der Waals surface area contributed by atoms with Gasteiger partial charge in [-0.05, 0) is 42.3 Å². The topological polar surface area (TPSA) is 54.9 Å². The second-order valence-electron chi connectivity index (χ2n) is 6.64. The van der Waals surface area contributed by atoms with Crippen LogP contribution in [0.5, 0.6) is 11.5 Å². The van der Waals surface area contributed by atoms with Crippen molar-refractivity contribution in [1.29, 1.82) is 0 Å². The number of piperazine rings is 1. The van der Waals surface area contributed by atoms with Crippen molar-refractivity contribution in [3.8, 4) is 11.5 Å². The molecule has 0 spiro atoms. The van der Waals surface area contributed by atoms with Crippen molar-refractivity contribution < 1.29 is 14.3 Å². The molecule has 1 aromatic carbocycles. The third-order valence-corrected chi connectivity index (χ3v) is 4.72. The molecule has 0 unspecified atom stereocenters. The van der Waals surface area contributed by atoms with Gasteiger partial charge in [-0.25, -0.2) is 0 Å². The van der Waals surface area contributed by atoms with Crippen LogP contribution in [0.25, 0.3) is 6.08 Å². The van der Waals surface area contributed by atoms with Gasteiger partial charge >= 0.3 is 0 Å². The molecule has 1 fully saturated rings. The number of pyridine rings is 1. The molecule has 0 atom stereocenters. The molecule has 1 aliphatic rings. The Morgan fingerprint density at radius 1 is 1.18 bits per heavy atom. The summed E-state index contributed by atoms with van der Waals surface area (Å²) in [4.78, 5) is 20.9. The van der Waals surface area contributed by atoms with Gasteiger partial charge in [-0.1, -0.05) is 12.1 Å². The predicted molar refractivity (Wildman–Crippen MR) is 109 cm³/mol. The number of carbonyl (C=O) groups excluding carboxylic acids is 1. The first-order valence-corrected chi connectivity index (χ1v) is 9.58. The van der Waals surface area contributed by atoms with Crippen LogP contribution in [0.4, 0.5) is 0 Å². The van der Waals surface area contributed by atoms with Crippen molar-refractivity contribution >= 4 is 12.0 Å². The number of aromatic nitrogens is 1. The predicted octanol–water partition coefficient (Wildman–Crippen LogP) is 2.85. The molecule has 1 amide bonds. The van der Waals surface area contributed by atoms with Crippen LogP contribution in [-0.2, 0) is 11.3 Å². The summed E-state index contributed by atoms with van der Waals surface area (Å²) in [5, 5.41) is 0. The lowest BCUT2D eigenvalue weighted by Gasteiger charge is -2.34. The molecule has 1 saturated heterocycles. The number of methoxy groups -OCH3 is 1. The Labute approximate surface area is 166 Å². The van der Waals surface area contributed by atoms with Crippen molar-refractivity contribution in [3.05, 3.63) is 59.9 Å². The van der Waals surface area contributed by atoms with E-state index in [4.69, 9.17) is 9.47 Å². The fourth-order valence-electron chi connectivity index (χ4n) is 3.21. The zero-order chi connectivity index (χ0) is 19.8. The summed E-state index contributed by atoms with van der Waals surface area (Å²) in [6.07, 6.45) is 7.14. The van der Waals surface area contributed by atoms with E-state index in [0.29, 0.717) is 18.1 Å². The number of amides is 1. The minimum absolute atomic E-state index is 0.0369. The fourth-order valence-corrected chi connectivity index (χ4v) is 3.21. The van der Waals surface area contributed by atoms with Gasteiger partial charge < -0.3 is 14.4 Å². The van der Waals surface area contributed by atoms with E-state index in [2.05, 4.69) is 16.0 Å². The molecule has 0 saturated carbocycles. The van der Waals surface area contributed by atoms with Crippen molar-refractivity contribution in [1.82, 2.24) is 14.8 Å². The SMILES string of the molecule is CCOc1cc(/C=C/C(=O)N2CCN(Cc3cccnc3)CC2)ccc1OC. The van der Waals surface area contributed by atoms with Crippen LogP contribution in [0.15, 0.2) is 48.8 Å². The molecule has 28 heavy (non-hydrogen) atoms. The number of rotatable bonds is 7. The Morgan fingerprint density at radius 2 is 2.00 bits per heavy atom.